The first-order chi connectivity index (χ1) is 15.6. The first kappa shape index (κ1) is 23.0. The molecular formula is C25H32N4O2S. The van der Waals surface area contributed by atoms with Gasteiger partial charge in [0, 0.05) is 56.3 Å². The topological polar surface area (TPSA) is 59.0 Å². The van der Waals surface area contributed by atoms with Crippen LogP contribution in [0.5, 0.6) is 0 Å². The van der Waals surface area contributed by atoms with Gasteiger partial charge in [0.1, 0.15) is 0 Å². The SMILES string of the molecule is CCN1CCN(Cc2ccc(-c3ccc(SN4CC=C(C(=O)NO)CC4)cc3)cc2)CC1. The molecule has 1 fully saturated rings. The second-order valence-corrected chi connectivity index (χ2v) is 9.50. The molecule has 0 spiro atoms. The van der Waals surface area contributed by atoms with Gasteiger partial charge < -0.3 is 4.90 Å². The Labute approximate surface area is 195 Å². The van der Waals surface area contributed by atoms with Gasteiger partial charge in [-0.3, -0.25) is 14.9 Å². The number of hydrogen-bond acceptors (Lipinski definition) is 6. The molecule has 0 aromatic heterocycles. The van der Waals surface area contributed by atoms with Gasteiger partial charge in [0.25, 0.3) is 5.91 Å². The summed E-state index contributed by atoms with van der Waals surface area (Å²) in [6.07, 6.45) is 2.51. The first-order valence-corrected chi connectivity index (χ1v) is 12.1. The van der Waals surface area contributed by atoms with Crippen LogP contribution in [0.3, 0.4) is 0 Å². The lowest BCUT2D eigenvalue weighted by atomic mass is 10.0. The number of benzene rings is 2. The van der Waals surface area contributed by atoms with Crippen LogP contribution in [0, 0.1) is 0 Å². The van der Waals surface area contributed by atoms with Crippen LogP contribution in [-0.2, 0) is 11.3 Å². The van der Waals surface area contributed by atoms with Crippen molar-refractivity contribution in [3.05, 3.63) is 65.7 Å². The lowest BCUT2D eigenvalue weighted by molar-refractivity contribution is -0.125. The largest absolute Gasteiger partial charge is 0.301 e. The number of carbonyl (C=O) groups is 1. The molecular weight excluding hydrogens is 420 g/mol. The van der Waals surface area contributed by atoms with Crippen LogP contribution in [0.1, 0.15) is 18.9 Å². The van der Waals surface area contributed by atoms with E-state index in [-0.39, 0.29) is 0 Å². The Morgan fingerprint density at radius 3 is 2.12 bits per heavy atom. The van der Waals surface area contributed by atoms with Crippen LogP contribution in [0.4, 0.5) is 0 Å². The van der Waals surface area contributed by atoms with Crippen LogP contribution in [0.15, 0.2) is 65.1 Å². The van der Waals surface area contributed by atoms with Crippen LogP contribution < -0.4 is 5.48 Å². The number of piperazine rings is 1. The third-order valence-electron chi connectivity index (χ3n) is 6.26. The van der Waals surface area contributed by atoms with Crippen LogP contribution in [0.25, 0.3) is 11.1 Å². The number of amides is 1. The van der Waals surface area contributed by atoms with E-state index in [4.69, 9.17) is 5.21 Å². The molecule has 0 unspecified atom stereocenters. The molecule has 2 aromatic rings. The van der Waals surface area contributed by atoms with Crippen molar-refractivity contribution >= 4 is 17.9 Å². The molecule has 0 bridgehead atoms. The molecule has 0 atom stereocenters. The van der Waals surface area contributed by atoms with Crippen LogP contribution in [-0.4, -0.2) is 71.0 Å². The Balaban J connectivity index is 1.29. The normalized spacial score (nSPS) is 18.4. The van der Waals surface area contributed by atoms with E-state index in [0.717, 1.165) is 32.7 Å². The van der Waals surface area contributed by atoms with Gasteiger partial charge in [-0.05, 0) is 53.7 Å². The summed E-state index contributed by atoms with van der Waals surface area (Å²) in [6, 6.07) is 17.6. The summed E-state index contributed by atoms with van der Waals surface area (Å²) in [5, 5.41) is 8.75. The van der Waals surface area contributed by atoms with Crippen molar-refractivity contribution in [1.29, 1.82) is 0 Å². The predicted molar refractivity (Wildman–Crippen MR) is 129 cm³/mol. The van der Waals surface area contributed by atoms with Crippen molar-refractivity contribution in [3.63, 3.8) is 0 Å². The molecule has 4 rings (SSSR count). The third kappa shape index (κ3) is 5.99. The Morgan fingerprint density at radius 1 is 0.938 bits per heavy atom. The van der Waals surface area contributed by atoms with E-state index in [1.165, 1.54) is 34.7 Å². The second-order valence-electron chi connectivity index (χ2n) is 8.33. The van der Waals surface area contributed by atoms with E-state index in [9.17, 15) is 4.79 Å². The smallest absolute Gasteiger partial charge is 0.270 e. The molecule has 2 aliphatic heterocycles. The van der Waals surface area contributed by atoms with Crippen molar-refractivity contribution in [3.8, 4) is 11.1 Å². The molecule has 2 N–H and O–H groups in total. The third-order valence-corrected chi connectivity index (χ3v) is 7.33. The molecule has 6 nitrogen and oxygen atoms in total. The molecule has 32 heavy (non-hydrogen) atoms. The van der Waals surface area contributed by atoms with Crippen molar-refractivity contribution in [2.75, 3.05) is 45.8 Å². The maximum atomic E-state index is 11.5. The number of carbonyl (C=O) groups excluding carboxylic acids is 1. The van der Waals surface area contributed by atoms with E-state index in [1.54, 1.807) is 17.4 Å². The fourth-order valence-electron chi connectivity index (χ4n) is 4.19. The molecule has 2 aromatic carbocycles. The molecule has 170 valence electrons. The van der Waals surface area contributed by atoms with E-state index in [0.29, 0.717) is 18.5 Å². The summed E-state index contributed by atoms with van der Waals surface area (Å²) in [4.78, 5) is 17.7. The minimum atomic E-state index is -0.399. The Morgan fingerprint density at radius 2 is 1.56 bits per heavy atom. The maximum Gasteiger partial charge on any atom is 0.270 e. The minimum Gasteiger partial charge on any atom is -0.301 e. The average molecular weight is 453 g/mol. The van der Waals surface area contributed by atoms with E-state index in [1.807, 2.05) is 6.08 Å². The fourth-order valence-corrected chi connectivity index (χ4v) is 5.08. The molecule has 0 radical (unpaired) electrons. The molecule has 1 saturated heterocycles. The zero-order valence-electron chi connectivity index (χ0n) is 18.7. The molecule has 0 aliphatic carbocycles. The maximum absolute atomic E-state index is 11.5. The highest BCUT2D eigenvalue weighted by atomic mass is 32.2. The quantitative estimate of drug-likeness (QED) is 0.380. The standard InChI is InChI=1S/C25H32N4O2S/c1-2-27-15-17-28(18-16-27)19-20-3-5-21(6-4-20)22-7-9-24(10-8-22)32-29-13-11-23(12-14-29)25(30)26-31/h3-11,31H,2,12-19H2,1H3,(H,26,30). The molecule has 1 amide bonds. The lowest BCUT2D eigenvalue weighted by Gasteiger charge is -2.34. The van der Waals surface area contributed by atoms with Gasteiger partial charge >= 0.3 is 0 Å². The van der Waals surface area contributed by atoms with Gasteiger partial charge in [-0.15, -0.1) is 0 Å². The highest BCUT2D eigenvalue weighted by molar-refractivity contribution is 7.97. The zero-order chi connectivity index (χ0) is 22.3. The first-order valence-electron chi connectivity index (χ1n) is 11.3. The summed E-state index contributed by atoms with van der Waals surface area (Å²) in [6.45, 7) is 10.5. The second kappa shape index (κ2) is 11.1. The zero-order valence-corrected chi connectivity index (χ0v) is 19.5. The number of nitrogens with one attached hydrogen (secondary N) is 1. The predicted octanol–water partition coefficient (Wildman–Crippen LogP) is 3.64. The van der Waals surface area contributed by atoms with Crippen molar-refractivity contribution in [2.45, 2.75) is 24.8 Å². The Bertz CT molecular complexity index is 922. The molecule has 2 heterocycles. The molecule has 2 aliphatic rings. The van der Waals surface area contributed by atoms with Gasteiger partial charge in [-0.1, -0.05) is 49.4 Å². The molecule has 0 saturated carbocycles. The van der Waals surface area contributed by atoms with Crippen LogP contribution in [0.2, 0.25) is 0 Å². The lowest BCUT2D eigenvalue weighted by Crippen LogP contribution is -2.45. The Hall–Kier alpha value is -2.16. The van der Waals surface area contributed by atoms with E-state index < -0.39 is 5.91 Å². The highest BCUT2D eigenvalue weighted by Crippen LogP contribution is 2.29. The number of hydroxylamine groups is 1. The van der Waals surface area contributed by atoms with Gasteiger partial charge in [0.2, 0.25) is 0 Å². The minimum absolute atomic E-state index is 0.399. The summed E-state index contributed by atoms with van der Waals surface area (Å²) < 4.78 is 2.22. The summed E-state index contributed by atoms with van der Waals surface area (Å²) in [5.74, 6) is -0.399. The average Bonchev–Trinajstić information content (AvgIpc) is 2.85. The van der Waals surface area contributed by atoms with Gasteiger partial charge in [-0.25, -0.2) is 9.79 Å². The summed E-state index contributed by atoms with van der Waals surface area (Å²) >= 11 is 1.70. The number of hydrogen-bond donors (Lipinski definition) is 2. The number of rotatable bonds is 7. The van der Waals surface area contributed by atoms with Gasteiger partial charge in [-0.2, -0.15) is 0 Å². The van der Waals surface area contributed by atoms with E-state index >= 15 is 0 Å². The monoisotopic (exact) mass is 452 g/mol. The summed E-state index contributed by atoms with van der Waals surface area (Å²) in [5.41, 5.74) is 6.19. The van der Waals surface area contributed by atoms with Crippen molar-refractivity contribution in [1.82, 2.24) is 19.6 Å². The highest BCUT2D eigenvalue weighted by Gasteiger charge is 2.18. The van der Waals surface area contributed by atoms with Gasteiger partial charge in [0.15, 0.2) is 0 Å². The van der Waals surface area contributed by atoms with E-state index in [2.05, 4.69) is 69.6 Å². The molecule has 7 heteroatoms. The van der Waals surface area contributed by atoms with Crippen molar-refractivity contribution in [2.24, 2.45) is 0 Å². The number of likely N-dealkylation sites (N-methyl/N-ethyl adjacent to an activating group) is 1. The van der Waals surface area contributed by atoms with Crippen molar-refractivity contribution < 1.29 is 10.0 Å². The Kier molecular flexibility index (Phi) is 8.00. The number of nitrogens with zero attached hydrogens (tertiary/aromatic N) is 3. The summed E-state index contributed by atoms with van der Waals surface area (Å²) in [7, 11) is 0. The van der Waals surface area contributed by atoms with Crippen LogP contribution >= 0.6 is 11.9 Å². The fraction of sp³-hybridized carbons (Fsp3) is 0.400. The van der Waals surface area contributed by atoms with Gasteiger partial charge in [0.05, 0.1) is 0 Å².